The molecule has 0 N–H and O–H groups in total. The largest absolute Gasteiger partial charge is 0.389 e. The van der Waals surface area contributed by atoms with Crippen molar-refractivity contribution in [3.05, 3.63) is 0 Å². The third-order valence-electron chi connectivity index (χ3n) is 2.45. The molecule has 1 nitrogen and oxygen atoms in total. The minimum Gasteiger partial charge on any atom is -0.381 e. The molecule has 0 saturated heterocycles. The first-order valence-corrected chi connectivity index (χ1v) is 5.36. The summed E-state index contributed by atoms with van der Waals surface area (Å²) in [6, 6.07) is 0. The van der Waals surface area contributed by atoms with Crippen LogP contribution in [0, 0.1) is 5.41 Å². The maximum atomic E-state index is 11.7. The van der Waals surface area contributed by atoms with Crippen molar-refractivity contribution in [3.63, 3.8) is 0 Å². The predicted octanol–water partition coefficient (Wildman–Crippen LogP) is 3.06. The molecule has 0 unspecified atom stereocenters. The number of alkyl halides is 3. The van der Waals surface area contributed by atoms with Crippen molar-refractivity contribution in [3.8, 4) is 0 Å². The van der Waals surface area contributed by atoms with Gasteiger partial charge in [0.15, 0.2) is 0 Å². The van der Waals surface area contributed by atoms with Crippen LogP contribution in [0.2, 0.25) is 0 Å². The van der Waals surface area contributed by atoms with E-state index >= 15 is 0 Å². The predicted molar refractivity (Wildman–Crippen MR) is 51.6 cm³/mol. The highest BCUT2D eigenvalue weighted by molar-refractivity contribution is 7.80. The fraction of sp³-hybridized carbons (Fsp3) is 1.00. The van der Waals surface area contributed by atoms with Crippen molar-refractivity contribution in [1.29, 1.82) is 0 Å². The molecule has 0 aromatic carbocycles. The topological polar surface area (TPSA) is 9.23 Å². The van der Waals surface area contributed by atoms with Gasteiger partial charge in [-0.25, -0.2) is 0 Å². The van der Waals surface area contributed by atoms with Crippen LogP contribution in [0.1, 0.15) is 25.7 Å². The van der Waals surface area contributed by atoms with E-state index in [1.807, 2.05) is 0 Å². The van der Waals surface area contributed by atoms with Crippen LogP contribution >= 0.6 is 12.6 Å². The van der Waals surface area contributed by atoms with E-state index < -0.39 is 12.6 Å². The van der Waals surface area contributed by atoms with Gasteiger partial charge in [0.2, 0.25) is 0 Å². The molecule has 1 fully saturated rings. The Morgan fingerprint density at radius 1 is 1.29 bits per heavy atom. The summed E-state index contributed by atoms with van der Waals surface area (Å²) in [6.45, 7) is 0.767. The molecule has 1 aliphatic rings. The fourth-order valence-electron chi connectivity index (χ4n) is 1.19. The Labute approximate surface area is 87.4 Å². The van der Waals surface area contributed by atoms with Gasteiger partial charge in [-0.2, -0.15) is 25.8 Å². The van der Waals surface area contributed by atoms with Crippen molar-refractivity contribution in [2.24, 2.45) is 5.41 Å². The third-order valence-corrected chi connectivity index (χ3v) is 3.12. The molecule has 14 heavy (non-hydrogen) atoms. The Kier molecular flexibility index (Phi) is 4.13. The SMILES string of the molecule is FC(F)(F)CCCOCC1(CS)CC1. The van der Waals surface area contributed by atoms with E-state index in [-0.39, 0.29) is 18.4 Å². The van der Waals surface area contributed by atoms with Gasteiger partial charge in [0, 0.05) is 18.4 Å². The van der Waals surface area contributed by atoms with Gasteiger partial charge in [-0.1, -0.05) is 0 Å². The highest BCUT2D eigenvalue weighted by Gasteiger charge is 2.41. The molecule has 0 bridgehead atoms. The lowest BCUT2D eigenvalue weighted by Gasteiger charge is -2.12. The second-order valence-electron chi connectivity index (χ2n) is 3.93. The van der Waals surface area contributed by atoms with Gasteiger partial charge >= 0.3 is 6.18 Å². The fourth-order valence-corrected chi connectivity index (χ4v) is 1.60. The summed E-state index contributed by atoms with van der Waals surface area (Å²) in [5.74, 6) is 0.770. The molecule has 0 spiro atoms. The number of hydrogen-bond donors (Lipinski definition) is 1. The molecule has 0 amide bonds. The first kappa shape index (κ1) is 12.2. The van der Waals surface area contributed by atoms with Crippen LogP contribution in [0.4, 0.5) is 13.2 Å². The number of halogens is 3. The lowest BCUT2D eigenvalue weighted by atomic mass is 10.2. The maximum absolute atomic E-state index is 11.7. The van der Waals surface area contributed by atoms with Gasteiger partial charge in [-0.15, -0.1) is 0 Å². The van der Waals surface area contributed by atoms with Gasteiger partial charge in [0.05, 0.1) is 6.61 Å². The lowest BCUT2D eigenvalue weighted by molar-refractivity contribution is -0.138. The molecule has 0 aromatic rings. The minimum atomic E-state index is -4.05. The molecule has 84 valence electrons. The number of ether oxygens (including phenoxy) is 1. The zero-order valence-electron chi connectivity index (χ0n) is 7.94. The van der Waals surface area contributed by atoms with Crippen LogP contribution in [-0.4, -0.2) is 25.1 Å². The van der Waals surface area contributed by atoms with Gasteiger partial charge in [0.1, 0.15) is 0 Å². The monoisotopic (exact) mass is 228 g/mol. The Morgan fingerprint density at radius 3 is 2.36 bits per heavy atom. The van der Waals surface area contributed by atoms with E-state index in [0.29, 0.717) is 6.61 Å². The molecule has 0 aliphatic heterocycles. The summed E-state index contributed by atoms with van der Waals surface area (Å²) >= 11 is 4.17. The average Bonchev–Trinajstić information content (AvgIpc) is 2.83. The normalized spacial score (nSPS) is 19.7. The molecule has 0 radical (unpaired) electrons. The first-order valence-electron chi connectivity index (χ1n) is 4.73. The van der Waals surface area contributed by atoms with Crippen molar-refractivity contribution < 1.29 is 17.9 Å². The minimum absolute atomic E-state index is 0.0617. The molecule has 1 aliphatic carbocycles. The zero-order valence-corrected chi connectivity index (χ0v) is 8.83. The summed E-state index contributed by atoms with van der Waals surface area (Å²) in [4.78, 5) is 0. The number of thiol groups is 1. The van der Waals surface area contributed by atoms with Crippen LogP contribution in [0.5, 0.6) is 0 Å². The van der Waals surface area contributed by atoms with Crippen molar-refractivity contribution in [2.75, 3.05) is 19.0 Å². The van der Waals surface area contributed by atoms with Crippen LogP contribution in [0.15, 0.2) is 0 Å². The third kappa shape index (κ3) is 4.55. The Bertz CT molecular complexity index is 177. The zero-order chi connectivity index (χ0) is 10.7. The molecular weight excluding hydrogens is 213 g/mol. The molecule has 5 heteroatoms. The van der Waals surface area contributed by atoms with Crippen LogP contribution in [0.25, 0.3) is 0 Å². The summed E-state index contributed by atoms with van der Waals surface area (Å²) in [6.07, 6.45) is -2.55. The number of rotatable bonds is 6. The summed E-state index contributed by atoms with van der Waals surface area (Å²) in [5.41, 5.74) is 0.182. The second-order valence-corrected chi connectivity index (χ2v) is 4.25. The average molecular weight is 228 g/mol. The molecule has 0 heterocycles. The molecule has 0 aromatic heterocycles. The Hall–Kier alpha value is 0.100. The summed E-state index contributed by atoms with van der Waals surface area (Å²) in [5, 5.41) is 0. The molecule has 0 atom stereocenters. The van der Waals surface area contributed by atoms with E-state index in [0.717, 1.165) is 18.6 Å². The Balaban J connectivity index is 1.95. The quantitative estimate of drug-likeness (QED) is 0.543. The van der Waals surface area contributed by atoms with E-state index in [1.54, 1.807) is 0 Å². The lowest BCUT2D eigenvalue weighted by Crippen LogP contribution is -2.14. The molecular formula is C9H15F3OS. The van der Waals surface area contributed by atoms with Crippen molar-refractivity contribution in [2.45, 2.75) is 31.9 Å². The number of hydrogen-bond acceptors (Lipinski definition) is 2. The van der Waals surface area contributed by atoms with Gasteiger partial charge < -0.3 is 4.74 Å². The van der Waals surface area contributed by atoms with Crippen molar-refractivity contribution >= 4 is 12.6 Å². The standard InChI is InChI=1S/C9H15F3OS/c10-9(11,12)2-1-5-13-6-8(7-14)3-4-8/h14H,1-7H2. The van der Waals surface area contributed by atoms with Crippen LogP contribution in [0.3, 0.4) is 0 Å². The van der Waals surface area contributed by atoms with Gasteiger partial charge in [0.25, 0.3) is 0 Å². The van der Waals surface area contributed by atoms with E-state index in [1.165, 1.54) is 0 Å². The molecule has 1 rings (SSSR count). The second kappa shape index (κ2) is 4.75. The smallest absolute Gasteiger partial charge is 0.381 e. The Morgan fingerprint density at radius 2 is 1.93 bits per heavy atom. The van der Waals surface area contributed by atoms with Crippen molar-refractivity contribution in [1.82, 2.24) is 0 Å². The van der Waals surface area contributed by atoms with Crippen LogP contribution in [-0.2, 0) is 4.74 Å². The van der Waals surface area contributed by atoms with Gasteiger partial charge in [-0.3, -0.25) is 0 Å². The summed E-state index contributed by atoms with van der Waals surface area (Å²) < 4.78 is 40.4. The van der Waals surface area contributed by atoms with E-state index in [2.05, 4.69) is 12.6 Å². The highest BCUT2D eigenvalue weighted by Crippen LogP contribution is 2.46. The maximum Gasteiger partial charge on any atom is 0.389 e. The van der Waals surface area contributed by atoms with Crippen LogP contribution < -0.4 is 0 Å². The summed E-state index contributed by atoms with van der Waals surface area (Å²) in [7, 11) is 0. The van der Waals surface area contributed by atoms with E-state index in [9.17, 15) is 13.2 Å². The first-order chi connectivity index (χ1) is 6.47. The molecule has 1 saturated carbocycles. The highest BCUT2D eigenvalue weighted by atomic mass is 32.1. The van der Waals surface area contributed by atoms with E-state index in [4.69, 9.17) is 4.74 Å². The van der Waals surface area contributed by atoms with Gasteiger partial charge in [-0.05, 0) is 25.0 Å².